The minimum Gasteiger partial charge on any atom is -0.598 e. The first-order valence-corrected chi connectivity index (χ1v) is 9.87. The summed E-state index contributed by atoms with van der Waals surface area (Å²) in [5.41, 5.74) is 0.350. The third kappa shape index (κ3) is 4.94. The van der Waals surface area contributed by atoms with Crippen molar-refractivity contribution in [1.29, 1.82) is 0 Å². The number of rotatable bonds is 5. The van der Waals surface area contributed by atoms with Gasteiger partial charge in [-0.25, -0.2) is 9.37 Å². The zero-order valence-electron chi connectivity index (χ0n) is 13.8. The molecule has 0 bridgehead atoms. The van der Waals surface area contributed by atoms with E-state index in [1.54, 1.807) is 30.5 Å². The number of para-hydroxylation sites is 1. The van der Waals surface area contributed by atoms with Gasteiger partial charge in [-0.15, -0.1) is 4.72 Å². The van der Waals surface area contributed by atoms with Crippen LogP contribution >= 0.6 is 0 Å². The van der Waals surface area contributed by atoms with Crippen molar-refractivity contribution >= 4 is 27.9 Å². The first-order chi connectivity index (χ1) is 11.9. The Kier molecular flexibility index (Phi) is 5.26. The molecule has 2 aromatic rings. The monoisotopic (exact) mass is 365 g/mol. The van der Waals surface area contributed by atoms with Gasteiger partial charge in [-0.2, -0.15) is 4.98 Å². The minimum atomic E-state index is -3.20. The number of nitrogens with zero attached hydrogens (tertiary/aromatic N) is 3. The van der Waals surface area contributed by atoms with E-state index in [1.807, 2.05) is 4.90 Å². The molecule has 134 valence electrons. The van der Waals surface area contributed by atoms with Gasteiger partial charge in [0.05, 0.1) is 11.7 Å². The molecule has 0 aliphatic carbocycles. The number of anilines is 3. The lowest BCUT2D eigenvalue weighted by Crippen LogP contribution is -2.46. The number of aromatic nitrogens is 2. The van der Waals surface area contributed by atoms with Crippen LogP contribution in [0.5, 0.6) is 0 Å². The van der Waals surface area contributed by atoms with Crippen molar-refractivity contribution in [3.63, 3.8) is 0 Å². The van der Waals surface area contributed by atoms with E-state index in [1.165, 1.54) is 12.3 Å². The molecule has 1 aromatic heterocycles. The van der Waals surface area contributed by atoms with E-state index in [0.717, 1.165) is 0 Å². The van der Waals surface area contributed by atoms with E-state index >= 15 is 0 Å². The molecule has 0 spiro atoms. The quantitative estimate of drug-likeness (QED) is 0.788. The zero-order chi connectivity index (χ0) is 17.9. The molecular weight excluding hydrogens is 345 g/mol. The molecule has 1 atom stereocenters. The SMILES string of the molecule is C[S+](=O)([O-])NC1CCN(c2nccc(Nc3ccccc3F)n2)CC1. The molecule has 1 fully saturated rings. The molecule has 25 heavy (non-hydrogen) atoms. The van der Waals surface area contributed by atoms with Crippen LogP contribution < -0.4 is 14.9 Å². The first-order valence-electron chi connectivity index (χ1n) is 7.97. The number of sulfonamides is 1. The van der Waals surface area contributed by atoms with Gasteiger partial charge in [0.15, 0.2) is 0 Å². The summed E-state index contributed by atoms with van der Waals surface area (Å²) in [6.07, 6.45) is 4.15. The molecule has 1 unspecified atom stereocenters. The molecule has 1 saturated heterocycles. The molecule has 1 aromatic carbocycles. The van der Waals surface area contributed by atoms with E-state index in [-0.39, 0.29) is 11.9 Å². The summed E-state index contributed by atoms with van der Waals surface area (Å²) >= 11 is 0. The maximum atomic E-state index is 13.7. The van der Waals surface area contributed by atoms with Crippen LogP contribution in [0.3, 0.4) is 0 Å². The smallest absolute Gasteiger partial charge is 0.227 e. The van der Waals surface area contributed by atoms with E-state index in [9.17, 15) is 13.2 Å². The molecule has 0 radical (unpaired) electrons. The van der Waals surface area contributed by atoms with Gasteiger partial charge in [0, 0.05) is 19.3 Å². The molecule has 0 amide bonds. The lowest BCUT2D eigenvalue weighted by atomic mass is 10.1. The highest BCUT2D eigenvalue weighted by molar-refractivity contribution is 7.95. The van der Waals surface area contributed by atoms with Gasteiger partial charge < -0.3 is 14.8 Å². The van der Waals surface area contributed by atoms with Crippen molar-refractivity contribution < 1.29 is 13.2 Å². The number of hydrogen-bond acceptors (Lipinski definition) is 6. The van der Waals surface area contributed by atoms with Crippen molar-refractivity contribution in [3.05, 3.63) is 42.3 Å². The van der Waals surface area contributed by atoms with Gasteiger partial charge in [-0.3, -0.25) is 0 Å². The number of hydrogen-bond donors (Lipinski definition) is 2. The van der Waals surface area contributed by atoms with Crippen LogP contribution in [-0.2, 0) is 14.6 Å². The molecule has 7 nitrogen and oxygen atoms in total. The fourth-order valence-electron chi connectivity index (χ4n) is 2.77. The second-order valence-electron chi connectivity index (χ2n) is 6.00. The maximum Gasteiger partial charge on any atom is 0.227 e. The largest absolute Gasteiger partial charge is 0.598 e. The number of piperidine rings is 1. The standard InChI is InChI=1S/C16H20FN5O2S/c1-25(23,24)21-12-7-10-22(11-8-12)16-18-9-6-15(20-16)19-14-5-3-2-4-13(14)17/h2-6,9,12H,7-8,10-11H2,1H3,(H2-,18,19,20,21,23,24). The molecule has 1 aliphatic heterocycles. The average Bonchev–Trinajstić information content (AvgIpc) is 2.57. The lowest BCUT2D eigenvalue weighted by molar-refractivity contribution is 0.421. The summed E-state index contributed by atoms with van der Waals surface area (Å²) in [5, 5.41) is 2.95. The third-order valence-corrected chi connectivity index (χ3v) is 4.70. The minimum absolute atomic E-state index is 0.0639. The van der Waals surface area contributed by atoms with Crippen LogP contribution in [0.25, 0.3) is 0 Å². The Bertz CT molecular complexity index is 777. The maximum absolute atomic E-state index is 13.7. The van der Waals surface area contributed by atoms with Crippen LogP contribution in [-0.4, -0.2) is 39.9 Å². The molecule has 1 aliphatic rings. The summed E-state index contributed by atoms with van der Waals surface area (Å²) in [7, 11) is -3.20. The average molecular weight is 365 g/mol. The molecule has 2 N–H and O–H groups in total. The first kappa shape index (κ1) is 17.7. The van der Waals surface area contributed by atoms with Gasteiger partial charge >= 0.3 is 0 Å². The second kappa shape index (κ2) is 7.42. The van der Waals surface area contributed by atoms with Crippen LogP contribution in [0.4, 0.5) is 21.8 Å². The van der Waals surface area contributed by atoms with Crippen LogP contribution in [0, 0.1) is 5.82 Å². The van der Waals surface area contributed by atoms with Crippen molar-refractivity contribution in [1.82, 2.24) is 14.7 Å². The molecular formula is C16H20FN5O2S. The van der Waals surface area contributed by atoms with Crippen LogP contribution in [0.15, 0.2) is 36.5 Å². The van der Waals surface area contributed by atoms with Gasteiger partial charge in [0.1, 0.15) is 28.3 Å². The van der Waals surface area contributed by atoms with E-state index in [4.69, 9.17) is 0 Å². The lowest BCUT2D eigenvalue weighted by Gasteiger charge is -2.32. The number of benzene rings is 1. The topological polar surface area (TPSA) is 93.2 Å². The predicted octanol–water partition coefficient (Wildman–Crippen LogP) is 2.09. The Balaban J connectivity index is 1.65. The van der Waals surface area contributed by atoms with Crippen LogP contribution in [0.1, 0.15) is 12.8 Å². The highest BCUT2D eigenvalue weighted by Gasteiger charge is 2.25. The van der Waals surface area contributed by atoms with E-state index in [2.05, 4.69) is 20.0 Å². The Morgan fingerprint density at radius 3 is 2.68 bits per heavy atom. The van der Waals surface area contributed by atoms with Gasteiger partial charge in [-0.05, 0) is 31.0 Å². The molecule has 2 heterocycles. The summed E-state index contributed by atoms with van der Waals surface area (Å²) in [6, 6.07) is 8.00. The van der Waals surface area contributed by atoms with Crippen molar-refractivity contribution in [2.45, 2.75) is 18.9 Å². The molecule has 0 saturated carbocycles. The highest BCUT2D eigenvalue weighted by Crippen LogP contribution is 2.21. The number of nitrogens with one attached hydrogen (secondary N) is 2. The van der Waals surface area contributed by atoms with Crippen molar-refractivity contribution in [3.8, 4) is 0 Å². The predicted molar refractivity (Wildman–Crippen MR) is 94.8 cm³/mol. The normalized spacial score (nSPS) is 18.0. The van der Waals surface area contributed by atoms with E-state index in [0.29, 0.717) is 43.4 Å². The second-order valence-corrected chi connectivity index (χ2v) is 7.78. The Labute approximate surface area is 147 Å². The van der Waals surface area contributed by atoms with Crippen LogP contribution in [0.2, 0.25) is 0 Å². The molecule has 9 heteroatoms. The fraction of sp³-hybridized carbons (Fsp3) is 0.375. The summed E-state index contributed by atoms with van der Waals surface area (Å²) < 4.78 is 39.0. The summed E-state index contributed by atoms with van der Waals surface area (Å²) in [5.74, 6) is 0.695. The summed E-state index contributed by atoms with van der Waals surface area (Å²) in [6.45, 7) is 1.30. The van der Waals surface area contributed by atoms with Gasteiger partial charge in [0.2, 0.25) is 5.95 Å². The Morgan fingerprint density at radius 2 is 2.00 bits per heavy atom. The van der Waals surface area contributed by atoms with E-state index < -0.39 is 10.4 Å². The van der Waals surface area contributed by atoms with Gasteiger partial charge in [-0.1, -0.05) is 16.3 Å². The highest BCUT2D eigenvalue weighted by atomic mass is 32.3. The fourth-order valence-corrected chi connectivity index (χ4v) is 3.61. The Morgan fingerprint density at radius 1 is 1.28 bits per heavy atom. The number of halogens is 1. The van der Waals surface area contributed by atoms with Crippen molar-refractivity contribution in [2.24, 2.45) is 0 Å². The van der Waals surface area contributed by atoms with Crippen molar-refractivity contribution in [2.75, 3.05) is 29.6 Å². The van der Waals surface area contributed by atoms with Gasteiger partial charge in [0.25, 0.3) is 0 Å². The summed E-state index contributed by atoms with van der Waals surface area (Å²) in [4.78, 5) is 10.7. The third-order valence-electron chi connectivity index (χ3n) is 3.94. The zero-order valence-corrected chi connectivity index (χ0v) is 14.6. The Hall–Kier alpha value is -2.10. The molecule has 3 rings (SSSR count).